The lowest BCUT2D eigenvalue weighted by Crippen LogP contribution is -2.31. The van der Waals surface area contributed by atoms with Gasteiger partial charge in [-0.05, 0) is 23.3 Å². The molecule has 112 valence electrons. The molecule has 0 aliphatic carbocycles. The smallest absolute Gasteiger partial charge is 0.279 e. The Hall–Kier alpha value is -2.66. The molecule has 1 atom stereocenters. The lowest BCUT2D eigenvalue weighted by Gasteiger charge is -2.14. The van der Waals surface area contributed by atoms with Crippen molar-refractivity contribution in [3.8, 4) is 16.9 Å². The number of nitrogens with zero attached hydrogens (tertiary/aromatic N) is 2. The summed E-state index contributed by atoms with van der Waals surface area (Å²) in [5, 5.41) is 6.12. The Morgan fingerprint density at radius 1 is 1.18 bits per heavy atom. The van der Waals surface area contributed by atoms with Gasteiger partial charge in [0.2, 0.25) is 0 Å². The molecule has 1 aromatic heterocycles. The van der Waals surface area contributed by atoms with E-state index in [9.17, 15) is 4.79 Å². The molecule has 2 N–H and O–H groups in total. The van der Waals surface area contributed by atoms with Crippen molar-refractivity contribution in [1.82, 2.24) is 9.78 Å². The molecular formula is C17H17N3O2. The maximum Gasteiger partial charge on any atom is 0.279 e. The second-order valence-electron chi connectivity index (χ2n) is 5.10. The average molecular weight is 295 g/mol. The Kier molecular flexibility index (Phi) is 3.65. The highest BCUT2D eigenvalue weighted by Crippen LogP contribution is 2.31. The minimum Gasteiger partial charge on any atom is -0.494 e. The summed E-state index contributed by atoms with van der Waals surface area (Å²) in [6.07, 6.45) is 1.02. The van der Waals surface area contributed by atoms with Crippen LogP contribution < -0.4 is 16.0 Å². The van der Waals surface area contributed by atoms with Crippen molar-refractivity contribution in [3.05, 3.63) is 59.0 Å². The van der Waals surface area contributed by atoms with Crippen LogP contribution in [0.5, 0.6) is 5.75 Å². The number of ether oxygens (including phenoxy) is 1. The van der Waals surface area contributed by atoms with E-state index in [0.29, 0.717) is 11.3 Å². The normalized spacial score (nSPS) is 12.3. The lowest BCUT2D eigenvalue weighted by atomic mass is 9.99. The van der Waals surface area contributed by atoms with Crippen molar-refractivity contribution in [2.24, 2.45) is 5.73 Å². The van der Waals surface area contributed by atoms with Crippen LogP contribution in [0.15, 0.2) is 53.5 Å². The highest BCUT2D eigenvalue weighted by molar-refractivity contribution is 5.97. The molecule has 22 heavy (non-hydrogen) atoms. The van der Waals surface area contributed by atoms with E-state index in [1.807, 2.05) is 42.5 Å². The first-order valence-electron chi connectivity index (χ1n) is 7.03. The number of methoxy groups -OCH3 is 1. The quantitative estimate of drug-likeness (QED) is 0.806. The first-order valence-corrected chi connectivity index (χ1v) is 7.03. The Balaban J connectivity index is 2.39. The number of hydrogen-bond donors (Lipinski definition) is 1. The third-order valence-corrected chi connectivity index (χ3v) is 3.63. The third-order valence-electron chi connectivity index (χ3n) is 3.63. The molecule has 0 amide bonds. The molecule has 2 aromatic carbocycles. The Morgan fingerprint density at radius 2 is 1.91 bits per heavy atom. The van der Waals surface area contributed by atoms with Gasteiger partial charge in [-0.1, -0.05) is 42.5 Å². The summed E-state index contributed by atoms with van der Waals surface area (Å²) in [5.74, 6) is 0.443. The van der Waals surface area contributed by atoms with Crippen LogP contribution in [-0.4, -0.2) is 16.9 Å². The molecule has 3 rings (SSSR count). The van der Waals surface area contributed by atoms with E-state index >= 15 is 0 Å². The third kappa shape index (κ3) is 2.25. The molecule has 0 aliphatic rings. The fourth-order valence-electron chi connectivity index (χ4n) is 2.59. The van der Waals surface area contributed by atoms with Crippen molar-refractivity contribution in [1.29, 1.82) is 0 Å². The van der Waals surface area contributed by atoms with Crippen molar-refractivity contribution < 1.29 is 4.74 Å². The zero-order valence-electron chi connectivity index (χ0n) is 12.5. The van der Waals surface area contributed by atoms with Gasteiger partial charge in [0.15, 0.2) is 5.75 Å². The van der Waals surface area contributed by atoms with Gasteiger partial charge in [0.1, 0.15) is 6.17 Å². The number of benzene rings is 2. The molecule has 0 saturated heterocycles. The molecule has 0 bridgehead atoms. The predicted molar refractivity (Wildman–Crippen MR) is 86.9 cm³/mol. The zero-order valence-corrected chi connectivity index (χ0v) is 12.5. The molecule has 5 nitrogen and oxygen atoms in total. The maximum atomic E-state index is 12.8. The molecule has 0 aliphatic heterocycles. The molecule has 0 saturated carbocycles. The molecule has 3 aromatic rings. The molecule has 5 heteroatoms. The summed E-state index contributed by atoms with van der Waals surface area (Å²) >= 11 is 0. The number of aromatic nitrogens is 2. The molecule has 1 heterocycles. The minimum atomic E-state index is -0.507. The van der Waals surface area contributed by atoms with Gasteiger partial charge in [-0.15, -0.1) is 0 Å². The van der Waals surface area contributed by atoms with E-state index in [-0.39, 0.29) is 5.56 Å². The van der Waals surface area contributed by atoms with Crippen molar-refractivity contribution in [3.63, 3.8) is 0 Å². The lowest BCUT2D eigenvalue weighted by molar-refractivity contribution is 0.402. The molecule has 0 fully saturated rings. The standard InChI is InChI=1S/C17H17N3O2/c1-11(18)20-17(21)16(15(22-2)10-19-20)14-9-5-7-12-6-3-4-8-13(12)14/h3-11H,18H2,1-2H3. The summed E-state index contributed by atoms with van der Waals surface area (Å²) in [6, 6.07) is 13.8. The van der Waals surface area contributed by atoms with E-state index in [4.69, 9.17) is 10.5 Å². The van der Waals surface area contributed by atoms with Gasteiger partial charge in [0.25, 0.3) is 5.56 Å². The van der Waals surface area contributed by atoms with E-state index < -0.39 is 6.17 Å². The summed E-state index contributed by atoms with van der Waals surface area (Å²) in [6.45, 7) is 1.72. The van der Waals surface area contributed by atoms with Crippen LogP contribution >= 0.6 is 0 Å². The molecular weight excluding hydrogens is 278 g/mol. The number of hydrogen-bond acceptors (Lipinski definition) is 4. The van der Waals surface area contributed by atoms with Crippen LogP contribution in [0, 0.1) is 0 Å². The van der Waals surface area contributed by atoms with Crippen LogP contribution in [0.2, 0.25) is 0 Å². The largest absolute Gasteiger partial charge is 0.494 e. The van der Waals surface area contributed by atoms with Gasteiger partial charge < -0.3 is 10.5 Å². The van der Waals surface area contributed by atoms with Crippen LogP contribution in [0.25, 0.3) is 21.9 Å². The van der Waals surface area contributed by atoms with Crippen LogP contribution in [-0.2, 0) is 0 Å². The summed E-state index contributed by atoms with van der Waals surface area (Å²) in [4.78, 5) is 12.8. The molecule has 0 radical (unpaired) electrons. The highest BCUT2D eigenvalue weighted by Gasteiger charge is 2.17. The summed E-state index contributed by atoms with van der Waals surface area (Å²) < 4.78 is 6.61. The topological polar surface area (TPSA) is 70.1 Å². The minimum absolute atomic E-state index is 0.259. The predicted octanol–water partition coefficient (Wildman–Crippen LogP) is 2.55. The van der Waals surface area contributed by atoms with Crippen molar-refractivity contribution in [2.45, 2.75) is 13.1 Å². The first kappa shape index (κ1) is 14.3. The number of nitrogens with two attached hydrogens (primary N) is 1. The summed E-state index contributed by atoms with van der Waals surface area (Å²) in [7, 11) is 1.53. The number of rotatable bonds is 3. The number of fused-ring (bicyclic) bond motifs is 1. The van der Waals surface area contributed by atoms with Gasteiger partial charge in [0.05, 0.1) is 18.9 Å². The van der Waals surface area contributed by atoms with Crippen molar-refractivity contribution in [2.75, 3.05) is 7.11 Å². The molecule has 0 spiro atoms. The SMILES string of the molecule is COc1cnn(C(C)N)c(=O)c1-c1cccc2ccccc12. The van der Waals surface area contributed by atoms with E-state index in [1.54, 1.807) is 6.92 Å². The van der Waals surface area contributed by atoms with Crippen LogP contribution in [0.4, 0.5) is 0 Å². The second kappa shape index (κ2) is 5.61. The van der Waals surface area contributed by atoms with E-state index in [0.717, 1.165) is 16.3 Å². The Bertz CT molecular complexity index is 879. The monoisotopic (exact) mass is 295 g/mol. The molecule has 1 unspecified atom stereocenters. The Labute approximate surface area is 127 Å². The zero-order chi connectivity index (χ0) is 15.7. The first-order chi connectivity index (χ1) is 10.6. The average Bonchev–Trinajstić information content (AvgIpc) is 2.53. The van der Waals surface area contributed by atoms with E-state index in [1.165, 1.54) is 18.0 Å². The fourth-order valence-corrected chi connectivity index (χ4v) is 2.59. The highest BCUT2D eigenvalue weighted by atomic mass is 16.5. The van der Waals surface area contributed by atoms with Gasteiger partial charge in [-0.25, -0.2) is 4.68 Å². The Morgan fingerprint density at radius 3 is 2.64 bits per heavy atom. The van der Waals surface area contributed by atoms with Gasteiger partial charge in [-0.2, -0.15) is 5.10 Å². The second-order valence-corrected chi connectivity index (χ2v) is 5.10. The summed E-state index contributed by atoms with van der Waals surface area (Å²) in [5.41, 5.74) is 6.86. The van der Waals surface area contributed by atoms with Gasteiger partial charge in [-0.3, -0.25) is 4.79 Å². The maximum absolute atomic E-state index is 12.8. The van der Waals surface area contributed by atoms with Gasteiger partial charge in [0, 0.05) is 0 Å². The van der Waals surface area contributed by atoms with E-state index in [2.05, 4.69) is 5.10 Å². The van der Waals surface area contributed by atoms with Crippen LogP contribution in [0.1, 0.15) is 13.1 Å². The fraction of sp³-hybridized carbons (Fsp3) is 0.176. The van der Waals surface area contributed by atoms with Crippen LogP contribution in [0.3, 0.4) is 0 Å². The van der Waals surface area contributed by atoms with Gasteiger partial charge >= 0.3 is 0 Å². The van der Waals surface area contributed by atoms with Crippen molar-refractivity contribution >= 4 is 10.8 Å².